The second-order valence-corrected chi connectivity index (χ2v) is 10.7. The molecule has 3 nitrogen and oxygen atoms in total. The highest BCUT2D eigenvalue weighted by atomic mass is 32.2. The summed E-state index contributed by atoms with van der Waals surface area (Å²) in [5.74, 6) is 0.642. The summed E-state index contributed by atoms with van der Waals surface area (Å²) in [5.41, 5.74) is 3.12. The Kier molecular flexibility index (Phi) is 5.00. The summed E-state index contributed by atoms with van der Waals surface area (Å²) < 4.78 is 11.6. The van der Waals surface area contributed by atoms with Crippen molar-refractivity contribution in [2.24, 2.45) is 16.5 Å². The number of nitrogens with two attached hydrogens (primary N) is 1. The van der Waals surface area contributed by atoms with Gasteiger partial charge in [-0.3, -0.25) is 10.0 Å². The molecule has 2 atom stereocenters. The lowest BCUT2D eigenvalue weighted by molar-refractivity contribution is -0.130. The summed E-state index contributed by atoms with van der Waals surface area (Å²) in [4.78, 5) is 2.61. The van der Waals surface area contributed by atoms with Crippen molar-refractivity contribution in [3.05, 3.63) is 71.8 Å². The summed E-state index contributed by atoms with van der Waals surface area (Å²) >= 11 is 0. The minimum atomic E-state index is -1.27. The van der Waals surface area contributed by atoms with E-state index in [1.165, 1.54) is 24.0 Å². The molecular weight excluding hydrogens is 352 g/mol. The van der Waals surface area contributed by atoms with E-state index in [0.717, 1.165) is 19.5 Å². The minimum Gasteiger partial charge on any atom is -0.291 e. The van der Waals surface area contributed by atoms with Crippen LogP contribution in [0.1, 0.15) is 50.3 Å². The Bertz CT molecular complexity index is 760. The average molecular weight is 383 g/mol. The van der Waals surface area contributed by atoms with Crippen LogP contribution in [-0.4, -0.2) is 26.9 Å². The van der Waals surface area contributed by atoms with Crippen LogP contribution in [-0.2, 0) is 11.0 Å². The normalized spacial score (nSPS) is 23.0. The number of benzene rings is 2. The number of hydrogen-bond donors (Lipinski definition) is 1. The van der Waals surface area contributed by atoms with Gasteiger partial charge in [-0.15, -0.1) is 0 Å². The van der Waals surface area contributed by atoms with Crippen LogP contribution in [0.4, 0.5) is 0 Å². The first-order valence-corrected chi connectivity index (χ1v) is 11.1. The molecule has 0 amide bonds. The van der Waals surface area contributed by atoms with Gasteiger partial charge in [0.2, 0.25) is 0 Å². The summed E-state index contributed by atoms with van der Waals surface area (Å²) in [6.07, 6.45) is 3.50. The zero-order valence-corrected chi connectivity index (χ0v) is 17.1. The molecule has 2 fully saturated rings. The maximum atomic E-state index is 11.9. The van der Waals surface area contributed by atoms with Crippen LogP contribution in [0.5, 0.6) is 0 Å². The summed E-state index contributed by atoms with van der Waals surface area (Å²) in [6, 6.07) is 22.0. The third-order valence-electron chi connectivity index (χ3n) is 6.77. The molecule has 1 heterocycles. The lowest BCUT2D eigenvalue weighted by Crippen LogP contribution is -2.65. The summed E-state index contributed by atoms with van der Waals surface area (Å²) in [7, 11) is -1.27. The van der Waals surface area contributed by atoms with Crippen molar-refractivity contribution < 1.29 is 4.21 Å². The summed E-state index contributed by atoms with van der Waals surface area (Å²) in [6.45, 7) is 6.34. The predicted octanol–water partition coefficient (Wildman–Crippen LogP) is 4.28. The van der Waals surface area contributed by atoms with E-state index in [1.807, 2.05) is 13.8 Å². The van der Waals surface area contributed by atoms with Crippen molar-refractivity contribution in [3.63, 3.8) is 0 Å². The van der Waals surface area contributed by atoms with Crippen LogP contribution in [0, 0.1) is 11.3 Å². The molecule has 0 radical (unpaired) electrons. The van der Waals surface area contributed by atoms with Crippen molar-refractivity contribution in [1.29, 1.82) is 0 Å². The lowest BCUT2D eigenvalue weighted by Gasteiger charge is -2.63. The maximum absolute atomic E-state index is 11.9. The molecule has 1 aliphatic heterocycles. The van der Waals surface area contributed by atoms with Gasteiger partial charge < -0.3 is 0 Å². The Balaban J connectivity index is 1.52. The van der Waals surface area contributed by atoms with Crippen LogP contribution in [0.15, 0.2) is 60.7 Å². The van der Waals surface area contributed by atoms with Crippen molar-refractivity contribution in [1.82, 2.24) is 4.90 Å². The van der Waals surface area contributed by atoms with Gasteiger partial charge in [0.25, 0.3) is 0 Å². The molecule has 1 unspecified atom stereocenters. The SMILES string of the molecule is CC(C)(C[C@@H]1CCC12CN(C(c1ccccc1)c1ccccc1)C2)S(N)=O. The van der Waals surface area contributed by atoms with Crippen molar-refractivity contribution >= 4 is 11.0 Å². The maximum Gasteiger partial charge on any atom is 0.0945 e. The molecular formula is C23H30N2OS. The van der Waals surface area contributed by atoms with E-state index in [1.54, 1.807) is 0 Å². The highest BCUT2D eigenvalue weighted by Gasteiger charge is 2.56. The van der Waals surface area contributed by atoms with Gasteiger partial charge in [0.1, 0.15) is 0 Å². The molecule has 1 aliphatic carbocycles. The first-order valence-electron chi connectivity index (χ1n) is 9.92. The zero-order chi connectivity index (χ0) is 19.1. The second kappa shape index (κ2) is 7.16. The number of rotatable bonds is 6. The van der Waals surface area contributed by atoms with E-state index >= 15 is 0 Å². The fourth-order valence-electron chi connectivity index (χ4n) is 5.00. The highest BCUT2D eigenvalue weighted by Crippen LogP contribution is 2.58. The number of nitrogens with zero attached hydrogens (tertiary/aromatic N) is 1. The molecule has 1 saturated carbocycles. The standard InChI is InChI=1S/C23H30N2OS/c1-22(2,27(24)26)15-20-13-14-23(20)16-25(17-23)21(18-9-5-3-6-10-18)19-11-7-4-8-12-19/h3-12,20-21H,13-17,24H2,1-2H3/t20-,27?/m0/s1. The molecule has 2 aliphatic rings. The quantitative estimate of drug-likeness (QED) is 0.810. The van der Waals surface area contributed by atoms with Gasteiger partial charge in [0.05, 0.1) is 21.8 Å². The Hall–Kier alpha value is -1.49. The average Bonchev–Trinajstić information content (AvgIpc) is 2.62. The van der Waals surface area contributed by atoms with Crippen molar-refractivity contribution in [3.8, 4) is 0 Å². The fourth-order valence-corrected chi connectivity index (χ4v) is 5.36. The highest BCUT2D eigenvalue weighted by molar-refractivity contribution is 7.84. The molecule has 2 aromatic rings. The van der Waals surface area contributed by atoms with Gasteiger partial charge >= 0.3 is 0 Å². The first-order chi connectivity index (χ1) is 12.9. The van der Waals surface area contributed by atoms with Crippen LogP contribution in [0.3, 0.4) is 0 Å². The molecule has 0 bridgehead atoms. The second-order valence-electron chi connectivity index (χ2n) is 8.99. The third kappa shape index (κ3) is 3.51. The first kappa shape index (κ1) is 18.9. The largest absolute Gasteiger partial charge is 0.291 e. The molecule has 4 heteroatoms. The zero-order valence-electron chi connectivity index (χ0n) is 16.3. The van der Waals surface area contributed by atoms with E-state index < -0.39 is 11.0 Å². The molecule has 144 valence electrons. The van der Waals surface area contributed by atoms with E-state index in [9.17, 15) is 4.21 Å². The minimum absolute atomic E-state index is 0.295. The molecule has 1 saturated heterocycles. The molecule has 2 N–H and O–H groups in total. The van der Waals surface area contributed by atoms with Gasteiger partial charge in [-0.2, -0.15) is 0 Å². The molecule has 4 rings (SSSR count). The van der Waals surface area contributed by atoms with Crippen LogP contribution < -0.4 is 5.14 Å². The van der Waals surface area contributed by atoms with Crippen LogP contribution >= 0.6 is 0 Å². The molecule has 0 aromatic heterocycles. The Morgan fingerprint density at radius 2 is 1.59 bits per heavy atom. The van der Waals surface area contributed by atoms with E-state index in [4.69, 9.17) is 5.14 Å². The lowest BCUT2D eigenvalue weighted by atomic mass is 9.53. The van der Waals surface area contributed by atoms with E-state index in [-0.39, 0.29) is 4.75 Å². The summed E-state index contributed by atoms with van der Waals surface area (Å²) in [5, 5.41) is 5.73. The molecule has 2 aromatic carbocycles. The molecule has 1 spiro atoms. The van der Waals surface area contributed by atoms with Crippen molar-refractivity contribution in [2.45, 2.75) is 43.9 Å². The number of hydrogen-bond acceptors (Lipinski definition) is 2. The topological polar surface area (TPSA) is 46.3 Å². The van der Waals surface area contributed by atoms with Gasteiger partial charge in [-0.1, -0.05) is 60.7 Å². The van der Waals surface area contributed by atoms with E-state index in [0.29, 0.717) is 17.4 Å². The number of likely N-dealkylation sites (tertiary alicyclic amines) is 1. The van der Waals surface area contributed by atoms with Gasteiger partial charge in [-0.05, 0) is 55.6 Å². The van der Waals surface area contributed by atoms with Gasteiger partial charge in [0, 0.05) is 13.1 Å². The van der Waals surface area contributed by atoms with Gasteiger partial charge in [-0.25, -0.2) is 4.21 Å². The predicted molar refractivity (Wildman–Crippen MR) is 112 cm³/mol. The van der Waals surface area contributed by atoms with Crippen LogP contribution in [0.2, 0.25) is 0 Å². The Morgan fingerprint density at radius 3 is 2.00 bits per heavy atom. The Labute approximate surface area is 165 Å². The van der Waals surface area contributed by atoms with Crippen LogP contribution in [0.25, 0.3) is 0 Å². The molecule has 27 heavy (non-hydrogen) atoms. The van der Waals surface area contributed by atoms with E-state index in [2.05, 4.69) is 65.6 Å². The smallest absolute Gasteiger partial charge is 0.0945 e. The van der Waals surface area contributed by atoms with Crippen molar-refractivity contribution in [2.75, 3.05) is 13.1 Å². The third-order valence-corrected chi connectivity index (χ3v) is 8.03. The Morgan fingerprint density at radius 1 is 1.07 bits per heavy atom. The monoisotopic (exact) mass is 382 g/mol. The van der Waals surface area contributed by atoms with Gasteiger partial charge in [0.15, 0.2) is 0 Å². The fraction of sp³-hybridized carbons (Fsp3) is 0.478.